The highest BCUT2D eigenvalue weighted by Crippen LogP contribution is 2.24. The number of allylic oxidation sites excluding steroid dienone is 1. The highest BCUT2D eigenvalue weighted by Gasteiger charge is 2.36. The summed E-state index contributed by atoms with van der Waals surface area (Å²) in [6, 6.07) is 0. The Morgan fingerprint density at radius 1 is 1.55 bits per heavy atom. The maximum absolute atomic E-state index is 11.9. The monoisotopic (exact) mass is 167 g/mol. The van der Waals surface area contributed by atoms with Crippen LogP contribution in [0.4, 0.5) is 13.2 Å². The summed E-state index contributed by atoms with van der Waals surface area (Å²) < 4.78 is 35.6. The Morgan fingerprint density at radius 2 is 2.18 bits per heavy atom. The average molecular weight is 167 g/mol. The molecule has 64 valence electrons. The number of rotatable bonds is 1. The van der Waals surface area contributed by atoms with E-state index in [0.29, 0.717) is 6.54 Å². The zero-order chi connectivity index (χ0) is 8.48. The van der Waals surface area contributed by atoms with Gasteiger partial charge in [-0.05, 0) is 6.92 Å². The predicted octanol–water partition coefficient (Wildman–Crippen LogP) is 0.735. The highest BCUT2D eigenvalue weighted by atomic mass is 19.4. The minimum Gasteiger partial charge on any atom is -0.298 e. The van der Waals surface area contributed by atoms with Gasteiger partial charge < -0.3 is 0 Å². The standard InChI is InChI=1S/C5H8F3N3/c1-2-11-3-4(9-10-11)5(6,7)8/h3,9-10H,2H2,1H3. The van der Waals surface area contributed by atoms with Gasteiger partial charge in [0.05, 0.1) is 0 Å². The van der Waals surface area contributed by atoms with Crippen LogP contribution in [0, 0.1) is 0 Å². The minimum atomic E-state index is -4.29. The molecule has 11 heavy (non-hydrogen) atoms. The van der Waals surface area contributed by atoms with Crippen LogP contribution >= 0.6 is 0 Å². The van der Waals surface area contributed by atoms with Gasteiger partial charge in [-0.1, -0.05) is 0 Å². The molecule has 0 radical (unpaired) electrons. The fourth-order valence-electron chi connectivity index (χ4n) is 0.667. The Kier molecular flexibility index (Phi) is 1.95. The van der Waals surface area contributed by atoms with E-state index in [-0.39, 0.29) is 0 Å². The summed E-state index contributed by atoms with van der Waals surface area (Å²) in [4.78, 5) is 0. The summed E-state index contributed by atoms with van der Waals surface area (Å²) in [7, 11) is 0. The van der Waals surface area contributed by atoms with Crippen LogP contribution in [-0.2, 0) is 0 Å². The zero-order valence-electron chi connectivity index (χ0n) is 5.87. The topological polar surface area (TPSA) is 27.3 Å². The van der Waals surface area contributed by atoms with Gasteiger partial charge in [-0.15, -0.1) is 5.53 Å². The molecule has 0 aromatic rings. The number of halogens is 3. The molecule has 0 unspecified atom stereocenters. The highest BCUT2D eigenvalue weighted by molar-refractivity contribution is 5.07. The first-order valence-corrected chi connectivity index (χ1v) is 3.11. The lowest BCUT2D eigenvalue weighted by Crippen LogP contribution is -2.38. The van der Waals surface area contributed by atoms with Gasteiger partial charge in [0.2, 0.25) is 0 Å². The van der Waals surface area contributed by atoms with Crippen LogP contribution in [0.2, 0.25) is 0 Å². The summed E-state index contributed by atoms with van der Waals surface area (Å²) >= 11 is 0. The molecule has 2 N–H and O–H groups in total. The summed E-state index contributed by atoms with van der Waals surface area (Å²) in [5.74, 6) is 0. The normalized spacial score (nSPS) is 18.2. The van der Waals surface area contributed by atoms with Crippen molar-refractivity contribution in [2.75, 3.05) is 6.54 Å². The second-order valence-electron chi connectivity index (χ2n) is 2.06. The van der Waals surface area contributed by atoms with E-state index in [1.54, 1.807) is 6.92 Å². The summed E-state index contributed by atoms with van der Waals surface area (Å²) in [6.07, 6.45) is -3.31. The third kappa shape index (κ3) is 1.76. The quantitative estimate of drug-likeness (QED) is 0.603. The molecule has 1 aliphatic heterocycles. The first-order valence-electron chi connectivity index (χ1n) is 3.11. The molecule has 0 fully saturated rings. The second-order valence-corrected chi connectivity index (χ2v) is 2.06. The number of alkyl halides is 3. The summed E-state index contributed by atoms with van der Waals surface area (Å²) in [5, 5.41) is 1.31. The third-order valence-electron chi connectivity index (χ3n) is 1.27. The van der Waals surface area contributed by atoms with Crippen molar-refractivity contribution >= 4 is 0 Å². The van der Waals surface area contributed by atoms with Gasteiger partial charge in [-0.3, -0.25) is 10.4 Å². The van der Waals surface area contributed by atoms with Gasteiger partial charge in [0.1, 0.15) is 5.70 Å². The molecule has 0 aliphatic carbocycles. The van der Waals surface area contributed by atoms with Gasteiger partial charge in [-0.2, -0.15) is 13.2 Å². The molecule has 0 saturated carbocycles. The Labute approximate surface area is 61.8 Å². The number of nitrogens with zero attached hydrogens (tertiary/aromatic N) is 1. The van der Waals surface area contributed by atoms with Crippen molar-refractivity contribution in [3.05, 3.63) is 11.9 Å². The minimum absolute atomic E-state index is 0.479. The van der Waals surface area contributed by atoms with Crippen LogP contribution in [0.5, 0.6) is 0 Å². The Bertz CT molecular complexity index is 174. The maximum Gasteiger partial charge on any atom is 0.433 e. The Hall–Kier alpha value is -0.910. The lowest BCUT2D eigenvalue weighted by atomic mass is 10.5. The largest absolute Gasteiger partial charge is 0.433 e. The molecule has 1 heterocycles. The Morgan fingerprint density at radius 3 is 2.45 bits per heavy atom. The van der Waals surface area contributed by atoms with Crippen molar-refractivity contribution in [3.8, 4) is 0 Å². The molecule has 3 nitrogen and oxygen atoms in total. The maximum atomic E-state index is 11.9. The van der Waals surface area contributed by atoms with Crippen molar-refractivity contribution < 1.29 is 13.2 Å². The van der Waals surface area contributed by atoms with Gasteiger partial charge in [0.25, 0.3) is 0 Å². The zero-order valence-corrected chi connectivity index (χ0v) is 5.87. The van der Waals surface area contributed by atoms with Crippen LogP contribution in [-0.4, -0.2) is 17.7 Å². The molecule has 1 rings (SSSR count). The summed E-state index contributed by atoms with van der Waals surface area (Å²) in [5.41, 5.74) is 3.58. The number of hydrogen-bond donors (Lipinski definition) is 2. The van der Waals surface area contributed by atoms with Gasteiger partial charge >= 0.3 is 6.18 Å². The van der Waals surface area contributed by atoms with E-state index in [1.165, 1.54) is 5.01 Å². The van der Waals surface area contributed by atoms with E-state index in [9.17, 15) is 13.2 Å². The molecule has 0 atom stereocenters. The van der Waals surface area contributed by atoms with Crippen molar-refractivity contribution in [2.24, 2.45) is 0 Å². The van der Waals surface area contributed by atoms with Crippen molar-refractivity contribution in [2.45, 2.75) is 13.1 Å². The fourth-order valence-corrected chi connectivity index (χ4v) is 0.667. The predicted molar refractivity (Wildman–Crippen MR) is 32.8 cm³/mol. The molecule has 0 saturated heterocycles. The van der Waals surface area contributed by atoms with Crippen molar-refractivity contribution in [1.82, 2.24) is 16.0 Å². The Balaban J connectivity index is 2.62. The fraction of sp³-hybridized carbons (Fsp3) is 0.600. The summed E-state index contributed by atoms with van der Waals surface area (Å²) in [6.45, 7) is 2.22. The molecule has 0 aromatic carbocycles. The second kappa shape index (κ2) is 2.61. The van der Waals surface area contributed by atoms with Crippen LogP contribution in [0.3, 0.4) is 0 Å². The molecule has 0 bridgehead atoms. The lowest BCUT2D eigenvalue weighted by Gasteiger charge is -2.10. The van der Waals surface area contributed by atoms with Crippen molar-refractivity contribution in [1.29, 1.82) is 0 Å². The number of hydrazine groups is 2. The molecular formula is C5H8F3N3. The van der Waals surface area contributed by atoms with E-state index in [2.05, 4.69) is 5.53 Å². The van der Waals surface area contributed by atoms with Gasteiger partial charge in [0.15, 0.2) is 0 Å². The molecular weight excluding hydrogens is 159 g/mol. The van der Waals surface area contributed by atoms with Crippen LogP contribution in [0.1, 0.15) is 6.92 Å². The molecule has 6 heteroatoms. The van der Waals surface area contributed by atoms with Crippen LogP contribution < -0.4 is 11.0 Å². The smallest absolute Gasteiger partial charge is 0.298 e. The molecule has 0 spiro atoms. The molecule has 0 amide bonds. The first-order chi connectivity index (χ1) is 5.04. The van der Waals surface area contributed by atoms with Crippen LogP contribution in [0.25, 0.3) is 0 Å². The van der Waals surface area contributed by atoms with Crippen molar-refractivity contribution in [3.63, 3.8) is 0 Å². The van der Waals surface area contributed by atoms with Crippen LogP contribution in [0.15, 0.2) is 11.9 Å². The average Bonchev–Trinajstić information content (AvgIpc) is 2.32. The number of hydrogen-bond acceptors (Lipinski definition) is 3. The lowest BCUT2D eigenvalue weighted by molar-refractivity contribution is -0.0965. The van der Waals surface area contributed by atoms with E-state index >= 15 is 0 Å². The third-order valence-corrected chi connectivity index (χ3v) is 1.27. The van der Waals surface area contributed by atoms with Gasteiger partial charge in [0, 0.05) is 12.7 Å². The van der Waals surface area contributed by atoms with E-state index < -0.39 is 11.9 Å². The van der Waals surface area contributed by atoms with Gasteiger partial charge in [-0.25, -0.2) is 0 Å². The van der Waals surface area contributed by atoms with E-state index in [0.717, 1.165) is 6.20 Å². The molecule has 0 aromatic heterocycles. The number of nitrogens with one attached hydrogen (secondary N) is 2. The van der Waals surface area contributed by atoms with E-state index in [1.807, 2.05) is 5.43 Å². The molecule has 1 aliphatic rings. The first kappa shape index (κ1) is 8.19. The SMILES string of the molecule is CCN1C=C(C(F)(F)F)NN1. The van der Waals surface area contributed by atoms with E-state index in [4.69, 9.17) is 0 Å².